The van der Waals surface area contributed by atoms with Crippen molar-refractivity contribution >= 4 is 135 Å². The number of pyridine rings is 8. The molecule has 0 radical (unpaired) electrons. The van der Waals surface area contributed by atoms with Crippen LogP contribution in [0.3, 0.4) is 0 Å². The van der Waals surface area contributed by atoms with Crippen molar-refractivity contribution in [1.29, 1.82) is 0 Å². The number of carbonyl (C=O) groups is 4. The summed E-state index contributed by atoms with van der Waals surface area (Å²) in [6.07, 6.45) is 22.1. The number of para-hydroxylation sites is 4. The van der Waals surface area contributed by atoms with Gasteiger partial charge in [0.25, 0.3) is 0 Å². The van der Waals surface area contributed by atoms with Gasteiger partial charge in [-0.1, -0.05) is 131 Å². The minimum atomic E-state index is -0.305. The molecule has 1 aliphatic carbocycles. The van der Waals surface area contributed by atoms with E-state index < -0.39 is 0 Å². The summed E-state index contributed by atoms with van der Waals surface area (Å²) in [7, 11) is 3.34. The average molecular weight is 1970 g/mol. The lowest BCUT2D eigenvalue weighted by atomic mass is 10.0. The van der Waals surface area contributed by atoms with Crippen LogP contribution in [0.5, 0.6) is 0 Å². The predicted octanol–water partition coefficient (Wildman–Crippen LogP) is 23.1. The van der Waals surface area contributed by atoms with E-state index in [0.29, 0.717) is 108 Å². The first-order chi connectivity index (χ1) is 72.0. The van der Waals surface area contributed by atoms with Crippen molar-refractivity contribution in [2.24, 2.45) is 17.8 Å². The zero-order chi connectivity index (χ0) is 101. The number of nitrogens with one attached hydrogen (secondary N) is 12. The molecule has 0 unspecified atom stereocenters. The Kier molecular flexibility index (Phi) is 24.9. The van der Waals surface area contributed by atoms with Gasteiger partial charge in [-0.3, -0.25) is 54.7 Å². The average Bonchev–Trinajstić information content (AvgIpc) is 1.63. The van der Waals surface area contributed by atoms with E-state index in [1.165, 1.54) is 47.4 Å². The summed E-state index contributed by atoms with van der Waals surface area (Å²) in [6.45, 7) is 7.35. The van der Waals surface area contributed by atoms with Gasteiger partial charge in [0.15, 0.2) is 45.9 Å². The number of aromatic nitrogens is 24. The van der Waals surface area contributed by atoms with Crippen molar-refractivity contribution in [3.8, 4) is 135 Å². The van der Waals surface area contributed by atoms with Crippen LogP contribution in [0, 0.1) is 41.0 Å². The Morgan fingerprint density at radius 2 is 0.601 bits per heavy atom. The fourth-order valence-corrected chi connectivity index (χ4v) is 17.2. The van der Waals surface area contributed by atoms with E-state index in [9.17, 15) is 36.7 Å². The van der Waals surface area contributed by atoms with Crippen molar-refractivity contribution in [1.82, 2.24) is 125 Å². The molecule has 5 amide bonds. The summed E-state index contributed by atoms with van der Waals surface area (Å²) in [5.74, 6) is 0.855. The molecule has 25 rings (SSSR count). The number of fused-ring (bicyclic) bond motifs is 8. The van der Waals surface area contributed by atoms with Gasteiger partial charge in [-0.2, -0.15) is 20.4 Å². The largest absolute Gasteiger partial charge is 0.337 e. The molecule has 33 nitrogen and oxygen atoms in total. The van der Waals surface area contributed by atoms with Crippen LogP contribution in [0.2, 0.25) is 0 Å². The molecule has 726 valence electrons. The lowest BCUT2D eigenvalue weighted by Crippen LogP contribution is -2.27. The Morgan fingerprint density at radius 1 is 0.311 bits per heavy atom. The first-order valence-corrected chi connectivity index (χ1v) is 47.1. The topological polar surface area (TPSA) is 452 Å². The number of urea groups is 1. The number of hydrogen-bond acceptors (Lipinski definition) is 20. The molecule has 24 aromatic rings. The van der Waals surface area contributed by atoms with E-state index in [0.717, 1.165) is 151 Å². The molecule has 1 saturated carbocycles. The number of halogens is 4. The van der Waals surface area contributed by atoms with E-state index in [1.807, 2.05) is 167 Å². The van der Waals surface area contributed by atoms with Crippen molar-refractivity contribution in [3.05, 3.63) is 316 Å². The van der Waals surface area contributed by atoms with E-state index in [1.54, 1.807) is 125 Å². The molecule has 37 heteroatoms. The maximum Gasteiger partial charge on any atom is 0.321 e. The van der Waals surface area contributed by atoms with Gasteiger partial charge in [0.1, 0.15) is 46.0 Å². The lowest BCUT2D eigenvalue weighted by Gasteiger charge is -2.12. The maximum absolute atomic E-state index is 14.5. The number of aromatic amines is 8. The Labute approximate surface area is 837 Å². The van der Waals surface area contributed by atoms with Crippen LogP contribution in [0.25, 0.3) is 223 Å². The van der Waals surface area contributed by atoms with Crippen LogP contribution in [0.15, 0.2) is 293 Å². The minimum absolute atomic E-state index is 0.0344. The molecule has 0 spiro atoms. The lowest BCUT2D eigenvalue weighted by molar-refractivity contribution is -0.119. The quantitative estimate of drug-likeness (QED) is 0.0335. The van der Waals surface area contributed by atoms with E-state index in [-0.39, 0.29) is 64.8 Å². The van der Waals surface area contributed by atoms with Gasteiger partial charge in [-0.15, -0.1) is 0 Å². The van der Waals surface area contributed by atoms with Gasteiger partial charge in [0.2, 0.25) is 17.7 Å². The van der Waals surface area contributed by atoms with Crippen LogP contribution >= 0.6 is 0 Å². The molecule has 148 heavy (non-hydrogen) atoms. The molecule has 0 atom stereocenters. The summed E-state index contributed by atoms with van der Waals surface area (Å²) in [4.78, 5) is 118. The van der Waals surface area contributed by atoms with Gasteiger partial charge in [0, 0.05) is 154 Å². The first-order valence-electron chi connectivity index (χ1n) is 47.1. The molecule has 16 heterocycles. The summed E-state index contributed by atoms with van der Waals surface area (Å²) in [5.41, 5.74) is 25.8. The number of amides is 5. The number of benzene rings is 8. The van der Waals surface area contributed by atoms with Crippen LogP contribution < -0.4 is 21.3 Å². The Bertz CT molecular complexity index is 8680. The monoisotopic (exact) mass is 1960 g/mol. The minimum Gasteiger partial charge on any atom is -0.337 e. The number of rotatable bonds is 19. The number of hydrogen-bond donors (Lipinski definition) is 12. The van der Waals surface area contributed by atoms with E-state index in [4.69, 9.17) is 19.9 Å². The highest BCUT2D eigenvalue weighted by Crippen LogP contribution is 2.42. The molecule has 12 N–H and O–H groups in total. The summed E-state index contributed by atoms with van der Waals surface area (Å²) < 4.78 is 56.2. The van der Waals surface area contributed by atoms with Crippen molar-refractivity contribution in [3.63, 3.8) is 0 Å². The first kappa shape index (κ1) is 93.1. The molecule has 0 aliphatic heterocycles. The molecular formula is C111H85F4N29O4. The zero-order valence-electron chi connectivity index (χ0n) is 79.6. The second-order valence-electron chi connectivity index (χ2n) is 36.2. The van der Waals surface area contributed by atoms with Crippen LogP contribution in [0.1, 0.15) is 40.5 Å². The molecule has 0 saturated heterocycles. The van der Waals surface area contributed by atoms with Crippen LogP contribution in [-0.2, 0) is 14.4 Å². The maximum atomic E-state index is 14.5. The van der Waals surface area contributed by atoms with E-state index in [2.05, 4.69) is 122 Å². The number of nitrogens with zero attached hydrogens (tertiary/aromatic N) is 17. The molecule has 16 aromatic heterocycles. The van der Waals surface area contributed by atoms with Gasteiger partial charge in [0.05, 0.1) is 113 Å². The SMILES string of the molecule is CC(C)C(=O)Nc1cncc(-c2cnc3n[nH]c(-c4nc5c(-c6cccc(F)c6)cccc5[nH]4)c3c2)c1.CC(C)C(=O)Nc1cncc(-c2cnc3n[nH]c(-c4nc5c(-c6ccccc6F)cccc5[nH]4)c3c2)c1.CN(C)C(=O)Nc1cncc(-c2cnc3n[nH]c(-c4nc5c(-c6cccc(F)c6)cccc5[nH]4)c3c2)c1.O=C(Nc1cncc(-c2cnc3n[nH]c(-c4nc5c(-c6cccc(F)c6)cccc5[nH]4)c3c2)c1)C1CC1. The number of carbonyl (C=O) groups excluding carboxylic acids is 4. The Balaban J connectivity index is 0.000000112. The smallest absolute Gasteiger partial charge is 0.321 e. The fraction of sp³-hybridized carbons (Fsp3) is 0.0991. The van der Waals surface area contributed by atoms with Crippen molar-refractivity contribution < 1.29 is 36.7 Å². The third kappa shape index (κ3) is 19.3. The standard InChI is InChI=1S/C28H20FN7O.2C28H22FN7O.C27H21FN8O/c29-19-4-1-3-16(9-19)21-5-2-6-23-24(21)34-27(33-23)25-22-11-18(13-31-26(22)36-35-25)17-10-20(14-30-12-17)32-28(37)15-7-8-15;1-15(2)28(37)32-20-10-17(12-30-14-20)18-11-22-25(35-36-26(22)31-13-18)27-33-23-8-4-7-21(24(23)34-27)16-5-3-6-19(29)9-16;1-15(2)28(37)32-18-10-16(12-30-14-18)17-11-21-25(35-36-26(21)31-13-17)27-33-23-9-5-7-20(24(23)34-27)19-6-3-4-8-22(19)29;1-36(2)27(37)31-19-10-16(12-29-14-19)17-11-21-24(34-35-25(21)30-13-17)26-32-22-8-4-7-20(23(22)33-26)15-5-3-6-18(28)9-15/h1-6,9-15H,7-8H2,(H,32,37)(H,33,34)(H,31,35,36);2*3-15H,1-2H3,(H,32,37)(H,33,34)(H,31,35,36);3-14H,1-2H3,(H,31,37)(H,32,33)(H,30,34,35). The summed E-state index contributed by atoms with van der Waals surface area (Å²) in [5, 5.41) is 44.2. The van der Waals surface area contributed by atoms with Gasteiger partial charge < -0.3 is 46.1 Å². The number of imidazole rings is 4. The van der Waals surface area contributed by atoms with E-state index >= 15 is 0 Å². The predicted molar refractivity (Wildman–Crippen MR) is 561 cm³/mol. The zero-order valence-corrected chi connectivity index (χ0v) is 79.6. The Hall–Kier alpha value is -19.9. The third-order valence-corrected chi connectivity index (χ3v) is 25.0. The molecule has 1 aliphatic rings. The van der Waals surface area contributed by atoms with Crippen molar-refractivity contribution in [2.75, 3.05) is 35.4 Å². The normalized spacial score (nSPS) is 11.9. The van der Waals surface area contributed by atoms with Crippen molar-refractivity contribution in [2.45, 2.75) is 40.5 Å². The molecule has 0 bridgehead atoms. The summed E-state index contributed by atoms with van der Waals surface area (Å²) >= 11 is 0. The molecule has 1 fully saturated rings. The van der Waals surface area contributed by atoms with Gasteiger partial charge in [-0.25, -0.2) is 62.2 Å². The second-order valence-corrected chi connectivity index (χ2v) is 36.2. The summed E-state index contributed by atoms with van der Waals surface area (Å²) in [6, 6.07) is 64.0. The molecular weight excluding hydrogens is 1880 g/mol. The van der Waals surface area contributed by atoms with Gasteiger partial charge >= 0.3 is 6.03 Å². The highest BCUT2D eigenvalue weighted by molar-refractivity contribution is 6.05. The second kappa shape index (κ2) is 39.5. The number of H-pyrrole nitrogens is 8. The third-order valence-electron chi connectivity index (χ3n) is 25.0. The van der Waals surface area contributed by atoms with Crippen LogP contribution in [-0.4, -0.2) is 163 Å². The van der Waals surface area contributed by atoms with Crippen LogP contribution in [0.4, 0.5) is 45.1 Å². The highest BCUT2D eigenvalue weighted by atomic mass is 19.1. The fourth-order valence-electron chi connectivity index (χ4n) is 17.2. The Morgan fingerprint density at radius 3 is 0.912 bits per heavy atom. The van der Waals surface area contributed by atoms with Gasteiger partial charge in [-0.05, 0) is 145 Å². The molecule has 8 aromatic carbocycles. The highest BCUT2D eigenvalue weighted by Gasteiger charge is 2.31. The number of anilines is 4.